The molecule has 0 aliphatic heterocycles. The van der Waals surface area contributed by atoms with E-state index in [1.807, 2.05) is 97.1 Å². The van der Waals surface area contributed by atoms with Gasteiger partial charge in [0.05, 0.1) is 11.6 Å². The number of rotatable bonds is 5. The summed E-state index contributed by atoms with van der Waals surface area (Å²) in [4.78, 5) is 0. The van der Waals surface area contributed by atoms with E-state index in [4.69, 9.17) is 4.52 Å². The average molecular weight is 375 g/mol. The lowest BCUT2D eigenvalue weighted by atomic mass is 9.95. The van der Waals surface area contributed by atoms with Crippen molar-refractivity contribution in [3.8, 4) is 6.07 Å². The van der Waals surface area contributed by atoms with Crippen LogP contribution in [0.4, 0.5) is 0 Å². The fraction of sp³-hybridized carbons (Fsp3) is 0. The van der Waals surface area contributed by atoms with Crippen molar-refractivity contribution in [2.45, 2.75) is 0 Å². The van der Waals surface area contributed by atoms with Crippen LogP contribution < -0.4 is 0 Å². The Labute approximate surface area is 169 Å². The Bertz CT molecular complexity index is 1190. The summed E-state index contributed by atoms with van der Waals surface area (Å²) in [5.41, 5.74) is 5.94. The minimum Gasteiger partial charge on any atom is -0.345 e. The van der Waals surface area contributed by atoms with Crippen LogP contribution in [0.2, 0.25) is 0 Å². The van der Waals surface area contributed by atoms with Gasteiger partial charge >= 0.3 is 0 Å². The molecule has 0 saturated carbocycles. The molecule has 0 aliphatic rings. The van der Waals surface area contributed by atoms with Crippen LogP contribution in [0.25, 0.3) is 23.8 Å². The highest BCUT2D eigenvalue weighted by Gasteiger charge is 2.11. The molecule has 0 aliphatic carbocycles. The van der Waals surface area contributed by atoms with E-state index in [0.29, 0.717) is 11.3 Å². The number of aromatic nitrogens is 2. The van der Waals surface area contributed by atoms with Gasteiger partial charge in [0.2, 0.25) is 0 Å². The SMILES string of the molecule is N#Cc1cccc(/C=C(\c2ccccc2)c2conn2)c1/C=C\c1ccccc1. The van der Waals surface area contributed by atoms with Gasteiger partial charge in [0, 0.05) is 10.8 Å². The Morgan fingerprint density at radius 3 is 2.31 bits per heavy atom. The van der Waals surface area contributed by atoms with Crippen molar-refractivity contribution < 1.29 is 4.52 Å². The van der Waals surface area contributed by atoms with Gasteiger partial charge in [-0.3, -0.25) is 0 Å². The highest BCUT2D eigenvalue weighted by Crippen LogP contribution is 2.27. The second-order valence-electron chi connectivity index (χ2n) is 6.38. The molecule has 0 unspecified atom stereocenters. The predicted octanol–water partition coefficient (Wildman–Crippen LogP) is 5.70. The first kappa shape index (κ1) is 18.1. The number of nitriles is 1. The van der Waals surface area contributed by atoms with Crippen molar-refractivity contribution in [3.63, 3.8) is 0 Å². The summed E-state index contributed by atoms with van der Waals surface area (Å²) in [5, 5.41) is 17.3. The van der Waals surface area contributed by atoms with Gasteiger partial charge < -0.3 is 4.52 Å². The molecule has 0 atom stereocenters. The lowest BCUT2D eigenvalue weighted by Crippen LogP contribution is -1.92. The van der Waals surface area contributed by atoms with E-state index in [-0.39, 0.29) is 0 Å². The molecule has 0 spiro atoms. The fourth-order valence-corrected chi connectivity index (χ4v) is 3.10. The third-order valence-corrected chi connectivity index (χ3v) is 4.52. The third kappa shape index (κ3) is 4.20. The van der Waals surface area contributed by atoms with Crippen molar-refractivity contribution in [3.05, 3.63) is 119 Å². The first-order chi connectivity index (χ1) is 14.3. The molecule has 29 heavy (non-hydrogen) atoms. The first-order valence-electron chi connectivity index (χ1n) is 9.16. The van der Waals surface area contributed by atoms with E-state index < -0.39 is 0 Å². The summed E-state index contributed by atoms with van der Waals surface area (Å²) >= 11 is 0. The maximum Gasteiger partial charge on any atom is 0.152 e. The van der Waals surface area contributed by atoms with Crippen molar-refractivity contribution in [1.82, 2.24) is 10.4 Å². The molecular formula is C25H17N3O. The van der Waals surface area contributed by atoms with E-state index in [0.717, 1.165) is 27.8 Å². The summed E-state index contributed by atoms with van der Waals surface area (Å²) in [7, 11) is 0. The number of hydrogen-bond donors (Lipinski definition) is 0. The summed E-state index contributed by atoms with van der Waals surface area (Å²) in [6, 6.07) is 27.9. The van der Waals surface area contributed by atoms with E-state index in [1.165, 1.54) is 6.26 Å². The summed E-state index contributed by atoms with van der Waals surface area (Å²) in [5.74, 6) is 0. The third-order valence-electron chi connectivity index (χ3n) is 4.52. The van der Waals surface area contributed by atoms with Gasteiger partial charge in [0.15, 0.2) is 6.26 Å². The topological polar surface area (TPSA) is 62.7 Å². The molecule has 1 heterocycles. The zero-order valence-electron chi connectivity index (χ0n) is 15.6. The van der Waals surface area contributed by atoms with Gasteiger partial charge in [-0.1, -0.05) is 84.9 Å². The van der Waals surface area contributed by atoms with Gasteiger partial charge in [0.25, 0.3) is 0 Å². The summed E-state index contributed by atoms with van der Waals surface area (Å²) < 4.78 is 4.97. The Morgan fingerprint density at radius 2 is 1.62 bits per heavy atom. The van der Waals surface area contributed by atoms with E-state index in [2.05, 4.69) is 16.4 Å². The molecule has 4 heteroatoms. The van der Waals surface area contributed by atoms with Crippen LogP contribution in [-0.4, -0.2) is 10.4 Å². The molecule has 4 rings (SSSR count). The molecule has 4 aromatic rings. The Morgan fingerprint density at radius 1 is 0.862 bits per heavy atom. The molecule has 0 fully saturated rings. The van der Waals surface area contributed by atoms with Crippen molar-refractivity contribution in [2.24, 2.45) is 0 Å². The molecule has 0 amide bonds. The molecule has 0 bridgehead atoms. The van der Waals surface area contributed by atoms with Crippen LogP contribution >= 0.6 is 0 Å². The minimum absolute atomic E-state index is 0.608. The highest BCUT2D eigenvalue weighted by molar-refractivity contribution is 5.92. The Kier molecular flexibility index (Phi) is 5.41. The largest absolute Gasteiger partial charge is 0.345 e. The zero-order chi connectivity index (χ0) is 19.9. The molecular weight excluding hydrogens is 358 g/mol. The van der Waals surface area contributed by atoms with Crippen LogP contribution in [0.15, 0.2) is 89.6 Å². The molecule has 0 radical (unpaired) electrons. The van der Waals surface area contributed by atoms with Gasteiger partial charge in [0.1, 0.15) is 5.69 Å². The molecule has 3 aromatic carbocycles. The number of benzene rings is 3. The average Bonchev–Trinajstić information content (AvgIpc) is 3.32. The maximum absolute atomic E-state index is 9.63. The molecule has 0 N–H and O–H groups in total. The van der Waals surface area contributed by atoms with Gasteiger partial charge in [-0.2, -0.15) is 5.26 Å². The number of hydrogen-bond acceptors (Lipinski definition) is 4. The fourth-order valence-electron chi connectivity index (χ4n) is 3.10. The van der Waals surface area contributed by atoms with Crippen molar-refractivity contribution in [2.75, 3.05) is 0 Å². The second-order valence-corrected chi connectivity index (χ2v) is 6.38. The highest BCUT2D eigenvalue weighted by atomic mass is 16.5. The minimum atomic E-state index is 0.608. The standard InChI is InChI=1S/C25H17N3O/c26-17-22-13-7-12-21(23(22)15-14-19-8-3-1-4-9-19)16-24(25-18-29-28-27-25)20-10-5-2-6-11-20/h1-16,18H/b15-14-,24-16+. The summed E-state index contributed by atoms with van der Waals surface area (Å²) in [6.45, 7) is 0. The van der Waals surface area contributed by atoms with Crippen LogP contribution in [0.5, 0.6) is 0 Å². The Hall–Kier alpha value is -4.23. The van der Waals surface area contributed by atoms with Crippen LogP contribution in [0.3, 0.4) is 0 Å². The predicted molar refractivity (Wildman–Crippen MR) is 114 cm³/mol. The smallest absolute Gasteiger partial charge is 0.152 e. The second kappa shape index (κ2) is 8.64. The molecule has 0 saturated heterocycles. The van der Waals surface area contributed by atoms with Crippen LogP contribution in [-0.2, 0) is 0 Å². The van der Waals surface area contributed by atoms with Crippen molar-refractivity contribution in [1.29, 1.82) is 5.26 Å². The lowest BCUT2D eigenvalue weighted by Gasteiger charge is -2.08. The van der Waals surface area contributed by atoms with E-state index >= 15 is 0 Å². The first-order valence-corrected chi connectivity index (χ1v) is 9.16. The van der Waals surface area contributed by atoms with Crippen molar-refractivity contribution >= 4 is 23.8 Å². The zero-order valence-corrected chi connectivity index (χ0v) is 15.6. The Balaban J connectivity index is 1.85. The maximum atomic E-state index is 9.63. The quantitative estimate of drug-likeness (QED) is 0.420. The normalized spacial score (nSPS) is 11.5. The van der Waals surface area contributed by atoms with Gasteiger partial charge in [-0.15, -0.1) is 5.10 Å². The monoisotopic (exact) mass is 375 g/mol. The van der Waals surface area contributed by atoms with Crippen LogP contribution in [0.1, 0.15) is 33.5 Å². The molecule has 1 aromatic heterocycles. The van der Waals surface area contributed by atoms with Crippen LogP contribution in [0, 0.1) is 11.3 Å². The van der Waals surface area contributed by atoms with Gasteiger partial charge in [-0.25, -0.2) is 0 Å². The van der Waals surface area contributed by atoms with Gasteiger partial charge in [-0.05, 0) is 34.4 Å². The van der Waals surface area contributed by atoms with E-state index in [9.17, 15) is 5.26 Å². The lowest BCUT2D eigenvalue weighted by molar-refractivity contribution is 0.393. The van der Waals surface area contributed by atoms with E-state index in [1.54, 1.807) is 0 Å². The molecule has 138 valence electrons. The summed E-state index contributed by atoms with van der Waals surface area (Å²) in [6.07, 6.45) is 7.52. The number of nitrogens with zero attached hydrogens (tertiary/aromatic N) is 3. The molecule has 4 nitrogen and oxygen atoms in total.